The van der Waals surface area contributed by atoms with Crippen LogP contribution in [0.4, 0.5) is 5.69 Å². The number of para-hydroxylation sites is 1. The molecule has 1 aliphatic rings. The van der Waals surface area contributed by atoms with Gasteiger partial charge in [-0.3, -0.25) is 19.2 Å². The van der Waals surface area contributed by atoms with Gasteiger partial charge in [-0.15, -0.1) is 0 Å². The molecule has 11 nitrogen and oxygen atoms in total. The molecule has 2 atom stereocenters. The first kappa shape index (κ1) is 24.8. The zero-order valence-electron chi connectivity index (χ0n) is 18.4. The van der Waals surface area contributed by atoms with Crippen LogP contribution in [0.2, 0.25) is 0 Å². The van der Waals surface area contributed by atoms with Crippen molar-refractivity contribution in [1.82, 2.24) is 14.3 Å². The zero-order valence-corrected chi connectivity index (χ0v) is 18.4. The second-order valence-electron chi connectivity index (χ2n) is 7.55. The van der Waals surface area contributed by atoms with E-state index >= 15 is 0 Å². The van der Waals surface area contributed by atoms with Gasteiger partial charge in [0.25, 0.3) is 5.56 Å². The Balaban J connectivity index is 0.000000534. The van der Waals surface area contributed by atoms with Gasteiger partial charge in [0.05, 0.1) is 30.1 Å². The number of carboxylic acids is 2. The lowest BCUT2D eigenvalue weighted by Crippen LogP contribution is -2.48. The fourth-order valence-corrected chi connectivity index (χ4v) is 3.51. The van der Waals surface area contributed by atoms with Gasteiger partial charge >= 0.3 is 11.9 Å². The number of carboxylic acid groups (broad SMARTS) is 2. The van der Waals surface area contributed by atoms with Crippen LogP contribution in [0.15, 0.2) is 35.1 Å². The number of nitrogens with one attached hydrogen (secondary N) is 1. The van der Waals surface area contributed by atoms with Crippen molar-refractivity contribution in [3.8, 4) is 5.69 Å². The molecule has 1 aliphatic heterocycles. The molecule has 1 fully saturated rings. The maximum absolute atomic E-state index is 12.8. The lowest BCUT2D eigenvalue weighted by molar-refractivity contribution is -0.159. The molecule has 2 aromatic rings. The van der Waals surface area contributed by atoms with Crippen molar-refractivity contribution in [2.45, 2.75) is 33.0 Å². The molecule has 1 amide bonds. The third kappa shape index (κ3) is 6.28. The summed E-state index contributed by atoms with van der Waals surface area (Å²) in [5, 5.41) is 17.6. The van der Waals surface area contributed by atoms with Crippen molar-refractivity contribution >= 4 is 23.5 Å². The molecular formula is C21H28N4O7. The van der Waals surface area contributed by atoms with E-state index in [1.807, 2.05) is 58.2 Å². The SMILES string of the molecule is Cc1c(NC(=O)CN2CC(C)OC(C)C2)c(=O)n(-c2ccccc2)n1C.O=C(O)C(=O)O. The maximum Gasteiger partial charge on any atom is 0.414 e. The Kier molecular flexibility index (Phi) is 8.33. The Hall–Kier alpha value is -3.44. The predicted octanol–water partition coefficient (Wildman–Crippen LogP) is 0.688. The highest BCUT2D eigenvalue weighted by Gasteiger charge is 2.25. The Labute approximate surface area is 184 Å². The number of aromatic nitrogens is 2. The lowest BCUT2D eigenvalue weighted by Gasteiger charge is -2.34. The van der Waals surface area contributed by atoms with Crippen LogP contribution in [-0.2, 0) is 26.2 Å². The standard InChI is InChI=1S/C19H26N4O3.C2H2O4/c1-13-10-22(11-14(2)26-13)12-17(24)20-18-15(3)21(4)23(19(18)25)16-8-6-5-7-9-16;3-1(4)2(5)6/h5-9,13-14H,10-12H2,1-4H3,(H,20,24);(H,3,4)(H,5,6). The molecule has 174 valence electrons. The molecule has 2 heterocycles. The van der Waals surface area contributed by atoms with Gasteiger partial charge < -0.3 is 20.3 Å². The van der Waals surface area contributed by atoms with Gasteiger partial charge in [-0.2, -0.15) is 0 Å². The van der Waals surface area contributed by atoms with E-state index in [9.17, 15) is 9.59 Å². The summed E-state index contributed by atoms with van der Waals surface area (Å²) < 4.78 is 9.01. The van der Waals surface area contributed by atoms with Gasteiger partial charge in [-0.25, -0.2) is 14.3 Å². The third-order valence-electron chi connectivity index (χ3n) is 4.86. The molecule has 0 radical (unpaired) electrons. The van der Waals surface area contributed by atoms with E-state index in [2.05, 4.69) is 10.2 Å². The largest absolute Gasteiger partial charge is 0.473 e. The summed E-state index contributed by atoms with van der Waals surface area (Å²) in [6.07, 6.45) is 0.195. The number of ether oxygens (including phenoxy) is 1. The van der Waals surface area contributed by atoms with Crippen LogP contribution in [0.3, 0.4) is 0 Å². The predicted molar refractivity (Wildman–Crippen MR) is 116 cm³/mol. The summed E-state index contributed by atoms with van der Waals surface area (Å²) in [4.78, 5) is 45.6. The van der Waals surface area contributed by atoms with E-state index < -0.39 is 11.9 Å². The fourth-order valence-electron chi connectivity index (χ4n) is 3.51. The topological polar surface area (TPSA) is 143 Å². The summed E-state index contributed by atoms with van der Waals surface area (Å²) in [6, 6.07) is 9.38. The number of hydrogen-bond donors (Lipinski definition) is 3. The van der Waals surface area contributed by atoms with Crippen molar-refractivity contribution < 1.29 is 29.3 Å². The fraction of sp³-hybridized carbons (Fsp3) is 0.429. The van der Waals surface area contributed by atoms with E-state index in [-0.39, 0.29) is 30.2 Å². The summed E-state index contributed by atoms with van der Waals surface area (Å²) in [5.41, 5.74) is 1.58. The van der Waals surface area contributed by atoms with Crippen LogP contribution < -0.4 is 10.9 Å². The van der Waals surface area contributed by atoms with E-state index in [0.29, 0.717) is 18.8 Å². The minimum Gasteiger partial charge on any atom is -0.473 e. The first-order chi connectivity index (χ1) is 15.0. The van der Waals surface area contributed by atoms with E-state index in [4.69, 9.17) is 24.5 Å². The third-order valence-corrected chi connectivity index (χ3v) is 4.86. The van der Waals surface area contributed by atoms with Gasteiger partial charge in [-0.1, -0.05) is 18.2 Å². The normalized spacial score (nSPS) is 18.4. The lowest BCUT2D eigenvalue weighted by atomic mass is 10.2. The van der Waals surface area contributed by atoms with Gasteiger partial charge in [0.15, 0.2) is 0 Å². The second-order valence-corrected chi connectivity index (χ2v) is 7.55. The molecule has 1 aromatic heterocycles. The van der Waals surface area contributed by atoms with Crippen molar-refractivity contribution in [2.24, 2.45) is 7.05 Å². The Morgan fingerprint density at radius 2 is 1.59 bits per heavy atom. The van der Waals surface area contributed by atoms with Crippen molar-refractivity contribution in [3.63, 3.8) is 0 Å². The number of nitrogens with zero attached hydrogens (tertiary/aromatic N) is 3. The van der Waals surface area contributed by atoms with Crippen LogP contribution >= 0.6 is 0 Å². The number of amides is 1. The Bertz CT molecular complexity index is 1010. The minimum absolute atomic E-state index is 0.0975. The average Bonchev–Trinajstić information content (AvgIpc) is 2.91. The molecular weight excluding hydrogens is 420 g/mol. The number of hydrogen-bond acceptors (Lipinski definition) is 6. The van der Waals surface area contributed by atoms with Gasteiger partial charge in [0.1, 0.15) is 5.69 Å². The molecule has 0 saturated carbocycles. The van der Waals surface area contributed by atoms with E-state index in [1.165, 1.54) is 0 Å². The number of aliphatic carboxylic acids is 2. The molecule has 0 bridgehead atoms. The number of anilines is 1. The highest BCUT2D eigenvalue weighted by Crippen LogP contribution is 2.15. The monoisotopic (exact) mass is 448 g/mol. The highest BCUT2D eigenvalue weighted by atomic mass is 16.5. The Morgan fingerprint density at radius 1 is 1.06 bits per heavy atom. The van der Waals surface area contributed by atoms with Crippen molar-refractivity contribution in [2.75, 3.05) is 25.0 Å². The summed E-state index contributed by atoms with van der Waals surface area (Å²) in [5.74, 6) is -3.83. The van der Waals surface area contributed by atoms with Crippen LogP contribution in [0.25, 0.3) is 5.69 Å². The zero-order chi connectivity index (χ0) is 24.0. The van der Waals surface area contributed by atoms with E-state index in [0.717, 1.165) is 11.4 Å². The molecule has 0 spiro atoms. The van der Waals surface area contributed by atoms with Gasteiger partial charge in [-0.05, 0) is 32.9 Å². The van der Waals surface area contributed by atoms with Crippen LogP contribution in [0.5, 0.6) is 0 Å². The number of carbonyl (C=O) groups is 3. The molecule has 3 N–H and O–H groups in total. The molecule has 1 saturated heterocycles. The summed E-state index contributed by atoms with van der Waals surface area (Å²) in [7, 11) is 1.81. The Morgan fingerprint density at radius 3 is 2.09 bits per heavy atom. The van der Waals surface area contributed by atoms with Crippen LogP contribution in [0, 0.1) is 6.92 Å². The average molecular weight is 448 g/mol. The number of carbonyl (C=O) groups excluding carboxylic acids is 1. The summed E-state index contributed by atoms with van der Waals surface area (Å²) in [6.45, 7) is 7.49. The summed E-state index contributed by atoms with van der Waals surface area (Å²) >= 11 is 0. The van der Waals surface area contributed by atoms with Crippen LogP contribution in [0.1, 0.15) is 19.5 Å². The minimum atomic E-state index is -1.82. The number of morpholine rings is 1. The quantitative estimate of drug-likeness (QED) is 0.580. The van der Waals surface area contributed by atoms with Crippen molar-refractivity contribution in [3.05, 3.63) is 46.4 Å². The van der Waals surface area contributed by atoms with Crippen LogP contribution in [-0.4, -0.2) is 74.2 Å². The molecule has 11 heteroatoms. The smallest absolute Gasteiger partial charge is 0.414 e. The molecule has 3 rings (SSSR count). The molecule has 0 aliphatic carbocycles. The highest BCUT2D eigenvalue weighted by molar-refractivity contribution is 6.27. The first-order valence-electron chi connectivity index (χ1n) is 9.99. The number of benzene rings is 1. The second kappa shape index (κ2) is 10.7. The molecule has 32 heavy (non-hydrogen) atoms. The van der Waals surface area contributed by atoms with E-state index in [1.54, 1.807) is 9.36 Å². The molecule has 1 aromatic carbocycles. The maximum atomic E-state index is 12.8. The number of rotatable bonds is 4. The van der Waals surface area contributed by atoms with Gasteiger partial charge in [0.2, 0.25) is 5.91 Å². The molecule has 2 unspecified atom stereocenters. The van der Waals surface area contributed by atoms with Crippen molar-refractivity contribution in [1.29, 1.82) is 0 Å². The first-order valence-corrected chi connectivity index (χ1v) is 9.99. The van der Waals surface area contributed by atoms with Gasteiger partial charge in [0, 0.05) is 20.1 Å².